The van der Waals surface area contributed by atoms with Crippen molar-refractivity contribution in [1.82, 2.24) is 0 Å². The van der Waals surface area contributed by atoms with E-state index in [-0.39, 0.29) is 16.1 Å². The molecule has 0 amide bonds. The zero-order chi connectivity index (χ0) is 13.3. The van der Waals surface area contributed by atoms with Gasteiger partial charge < -0.3 is 11.1 Å². The van der Waals surface area contributed by atoms with Crippen LogP contribution in [-0.4, -0.2) is 17.0 Å². The quantitative estimate of drug-likeness (QED) is 0.620. The molecule has 3 N–H and O–H groups in total. The van der Waals surface area contributed by atoms with E-state index in [0.717, 1.165) is 11.3 Å². The van der Waals surface area contributed by atoms with E-state index in [2.05, 4.69) is 12.2 Å². The Kier molecular flexibility index (Phi) is 3.26. The fraction of sp³-hybridized carbons (Fsp3) is 0.538. The van der Waals surface area contributed by atoms with Crippen molar-refractivity contribution in [1.29, 1.82) is 0 Å². The van der Waals surface area contributed by atoms with Gasteiger partial charge in [-0.2, -0.15) is 0 Å². The van der Waals surface area contributed by atoms with Crippen LogP contribution in [0.2, 0.25) is 0 Å². The molecule has 2 rings (SSSR count). The van der Waals surface area contributed by atoms with Crippen LogP contribution >= 0.6 is 0 Å². The van der Waals surface area contributed by atoms with E-state index in [9.17, 15) is 10.1 Å². The fourth-order valence-corrected chi connectivity index (χ4v) is 2.25. The molecule has 0 bridgehead atoms. The predicted octanol–water partition coefficient (Wildman–Crippen LogP) is 2.44. The van der Waals surface area contributed by atoms with Crippen molar-refractivity contribution < 1.29 is 4.92 Å². The Morgan fingerprint density at radius 2 is 2.22 bits per heavy atom. The summed E-state index contributed by atoms with van der Waals surface area (Å²) in [5, 5.41) is 14.1. The number of benzene rings is 1. The monoisotopic (exact) mass is 249 g/mol. The topological polar surface area (TPSA) is 81.2 Å². The Bertz CT molecular complexity index is 471. The molecular formula is C13H19N3O2. The molecule has 0 aromatic heterocycles. The molecule has 0 spiro atoms. The molecular weight excluding hydrogens is 230 g/mol. The van der Waals surface area contributed by atoms with Crippen LogP contribution in [0.5, 0.6) is 0 Å². The first-order chi connectivity index (χ1) is 8.46. The number of hydrogen-bond donors (Lipinski definition) is 2. The second kappa shape index (κ2) is 4.57. The lowest BCUT2D eigenvalue weighted by Crippen LogP contribution is -2.44. The van der Waals surface area contributed by atoms with Crippen LogP contribution in [0.25, 0.3) is 0 Å². The number of nitro benzene ring substituents is 1. The molecule has 5 nitrogen and oxygen atoms in total. The van der Waals surface area contributed by atoms with E-state index in [1.807, 2.05) is 6.92 Å². The predicted molar refractivity (Wildman–Crippen MR) is 71.6 cm³/mol. The summed E-state index contributed by atoms with van der Waals surface area (Å²) in [6.07, 6.45) is 2.40. The Morgan fingerprint density at radius 1 is 1.56 bits per heavy atom. The number of nitrogens with zero attached hydrogens (tertiary/aromatic N) is 1. The molecule has 1 saturated carbocycles. The molecule has 1 aromatic carbocycles. The summed E-state index contributed by atoms with van der Waals surface area (Å²) in [5.41, 5.74) is 7.68. The number of non-ortho nitro benzene ring substituents is 1. The first-order valence-corrected chi connectivity index (χ1v) is 6.19. The Balaban J connectivity index is 2.21. The lowest BCUT2D eigenvalue weighted by molar-refractivity contribution is -0.384. The molecule has 98 valence electrons. The number of nitro groups is 1. The summed E-state index contributed by atoms with van der Waals surface area (Å²) in [7, 11) is 0. The maximum absolute atomic E-state index is 10.7. The van der Waals surface area contributed by atoms with E-state index in [1.54, 1.807) is 12.1 Å². The van der Waals surface area contributed by atoms with Crippen molar-refractivity contribution in [3.8, 4) is 0 Å². The molecule has 0 saturated heterocycles. The minimum absolute atomic E-state index is 0.110. The zero-order valence-electron chi connectivity index (χ0n) is 10.8. The van der Waals surface area contributed by atoms with Crippen LogP contribution in [-0.2, 0) is 0 Å². The highest BCUT2D eigenvalue weighted by molar-refractivity contribution is 5.57. The highest BCUT2D eigenvalue weighted by Gasteiger charge is 2.40. The van der Waals surface area contributed by atoms with Crippen molar-refractivity contribution in [2.45, 2.75) is 32.2 Å². The van der Waals surface area contributed by atoms with Gasteiger partial charge in [-0.05, 0) is 44.2 Å². The summed E-state index contributed by atoms with van der Waals surface area (Å²) < 4.78 is 0. The summed E-state index contributed by atoms with van der Waals surface area (Å²) in [6.45, 7) is 4.55. The van der Waals surface area contributed by atoms with E-state index >= 15 is 0 Å². The van der Waals surface area contributed by atoms with Gasteiger partial charge in [0.15, 0.2) is 0 Å². The van der Waals surface area contributed by atoms with Crippen LogP contribution in [0.15, 0.2) is 18.2 Å². The molecule has 1 aliphatic carbocycles. The van der Waals surface area contributed by atoms with Gasteiger partial charge in [0.2, 0.25) is 0 Å². The van der Waals surface area contributed by atoms with Gasteiger partial charge in [0.1, 0.15) is 0 Å². The number of hydrogen-bond acceptors (Lipinski definition) is 4. The van der Waals surface area contributed by atoms with Crippen molar-refractivity contribution in [2.24, 2.45) is 11.7 Å². The van der Waals surface area contributed by atoms with Crippen LogP contribution < -0.4 is 11.1 Å². The SMILES string of the molecule is Cc1cc([N+](=O)[O-])ccc1NC(C)(CN)C1CC1. The van der Waals surface area contributed by atoms with Gasteiger partial charge in [-0.1, -0.05) is 0 Å². The number of anilines is 1. The average Bonchev–Trinajstić information content (AvgIpc) is 3.15. The van der Waals surface area contributed by atoms with Gasteiger partial charge in [0, 0.05) is 29.9 Å². The lowest BCUT2D eigenvalue weighted by Gasteiger charge is -2.31. The molecule has 1 atom stereocenters. The number of nitrogens with one attached hydrogen (secondary N) is 1. The van der Waals surface area contributed by atoms with E-state index < -0.39 is 0 Å². The molecule has 0 aliphatic heterocycles. The van der Waals surface area contributed by atoms with Gasteiger partial charge in [-0.25, -0.2) is 0 Å². The first kappa shape index (κ1) is 12.8. The van der Waals surface area contributed by atoms with Gasteiger partial charge >= 0.3 is 0 Å². The molecule has 1 aliphatic rings. The molecule has 1 fully saturated rings. The highest BCUT2D eigenvalue weighted by atomic mass is 16.6. The number of rotatable bonds is 5. The number of nitrogens with two attached hydrogens (primary N) is 1. The largest absolute Gasteiger partial charge is 0.378 e. The maximum Gasteiger partial charge on any atom is 0.269 e. The molecule has 18 heavy (non-hydrogen) atoms. The zero-order valence-corrected chi connectivity index (χ0v) is 10.8. The van der Waals surface area contributed by atoms with Crippen molar-refractivity contribution in [3.63, 3.8) is 0 Å². The molecule has 0 heterocycles. The third kappa shape index (κ3) is 2.46. The van der Waals surface area contributed by atoms with Crippen molar-refractivity contribution >= 4 is 11.4 Å². The van der Waals surface area contributed by atoms with Crippen molar-refractivity contribution in [3.05, 3.63) is 33.9 Å². The standard InChI is InChI=1S/C13H19N3O2/c1-9-7-11(16(17)18)5-6-12(9)15-13(2,8-14)10-3-4-10/h5-7,10,15H,3-4,8,14H2,1-2H3. The van der Waals surface area contributed by atoms with Crippen molar-refractivity contribution in [2.75, 3.05) is 11.9 Å². The molecule has 5 heteroatoms. The summed E-state index contributed by atoms with van der Waals surface area (Å²) in [4.78, 5) is 10.3. The third-order valence-electron chi connectivity index (χ3n) is 3.74. The van der Waals surface area contributed by atoms with Gasteiger partial charge in [-0.3, -0.25) is 10.1 Å². The Labute approximate surface area is 107 Å². The van der Waals surface area contributed by atoms with Gasteiger partial charge in [0.05, 0.1) is 4.92 Å². The maximum atomic E-state index is 10.7. The molecule has 1 aromatic rings. The third-order valence-corrected chi connectivity index (χ3v) is 3.74. The van der Waals surface area contributed by atoms with Crippen LogP contribution in [0, 0.1) is 23.0 Å². The molecule has 0 radical (unpaired) electrons. The summed E-state index contributed by atoms with van der Waals surface area (Å²) in [5.74, 6) is 0.608. The number of aryl methyl sites for hydroxylation is 1. The highest BCUT2D eigenvalue weighted by Crippen LogP contribution is 2.41. The summed E-state index contributed by atoms with van der Waals surface area (Å²) in [6, 6.07) is 4.88. The second-order valence-electron chi connectivity index (χ2n) is 5.28. The average molecular weight is 249 g/mol. The summed E-state index contributed by atoms with van der Waals surface area (Å²) >= 11 is 0. The fourth-order valence-electron chi connectivity index (χ4n) is 2.25. The normalized spacial score (nSPS) is 18.2. The lowest BCUT2D eigenvalue weighted by atomic mass is 9.95. The Morgan fingerprint density at radius 3 is 2.67 bits per heavy atom. The Hall–Kier alpha value is -1.62. The molecule has 1 unspecified atom stereocenters. The van der Waals surface area contributed by atoms with E-state index in [0.29, 0.717) is 12.5 Å². The smallest absolute Gasteiger partial charge is 0.269 e. The van der Waals surface area contributed by atoms with E-state index in [4.69, 9.17) is 5.73 Å². The van der Waals surface area contributed by atoms with Gasteiger partial charge in [0.25, 0.3) is 5.69 Å². The van der Waals surface area contributed by atoms with Crippen LogP contribution in [0.4, 0.5) is 11.4 Å². The minimum Gasteiger partial charge on any atom is -0.378 e. The van der Waals surface area contributed by atoms with Gasteiger partial charge in [-0.15, -0.1) is 0 Å². The van der Waals surface area contributed by atoms with Crippen LogP contribution in [0.1, 0.15) is 25.3 Å². The second-order valence-corrected chi connectivity index (χ2v) is 5.28. The first-order valence-electron chi connectivity index (χ1n) is 6.19. The minimum atomic E-state index is -0.375. The van der Waals surface area contributed by atoms with Crippen LogP contribution in [0.3, 0.4) is 0 Å². The van der Waals surface area contributed by atoms with E-state index in [1.165, 1.54) is 18.9 Å².